The van der Waals surface area contributed by atoms with Gasteiger partial charge in [0.1, 0.15) is 5.82 Å². The number of hydrogen-bond donors (Lipinski definition) is 1. The zero-order valence-corrected chi connectivity index (χ0v) is 18.9. The average Bonchev–Trinajstić information content (AvgIpc) is 3.19. The zero-order valence-electron chi connectivity index (χ0n) is 18.1. The number of hydrogen-bond acceptors (Lipinski definition) is 6. The standard InChI is InChI=1S/C24H20N4O5S/c1-17-14-23(27(26-17)20-10-12-21(13-11-20)28(30)31)25-24(29)19-7-5-6-18(15-19)16-34(32,33)22-8-3-2-4-9-22/h2-15H,16H2,1H3,(H,25,29). The maximum absolute atomic E-state index is 12.9. The first-order chi connectivity index (χ1) is 16.2. The molecule has 34 heavy (non-hydrogen) atoms. The Labute approximate surface area is 195 Å². The number of non-ortho nitro benzene ring substituents is 1. The predicted molar refractivity (Wildman–Crippen MR) is 127 cm³/mol. The van der Waals surface area contributed by atoms with Crippen LogP contribution in [0.2, 0.25) is 0 Å². The topological polar surface area (TPSA) is 124 Å². The summed E-state index contributed by atoms with van der Waals surface area (Å²) in [5.74, 6) is -0.307. The summed E-state index contributed by atoms with van der Waals surface area (Å²) >= 11 is 0. The van der Waals surface area contributed by atoms with E-state index in [4.69, 9.17) is 0 Å². The van der Waals surface area contributed by atoms with Crippen LogP contribution in [0.5, 0.6) is 0 Å². The van der Waals surface area contributed by atoms with Gasteiger partial charge in [0.25, 0.3) is 11.6 Å². The summed E-state index contributed by atoms with van der Waals surface area (Å²) in [5, 5.41) is 18.0. The van der Waals surface area contributed by atoms with Gasteiger partial charge >= 0.3 is 0 Å². The highest BCUT2D eigenvalue weighted by Crippen LogP contribution is 2.22. The van der Waals surface area contributed by atoms with E-state index in [0.29, 0.717) is 22.8 Å². The van der Waals surface area contributed by atoms with Gasteiger partial charge in [0.05, 0.1) is 27.0 Å². The molecule has 0 aliphatic heterocycles. The Hall–Kier alpha value is -4.31. The highest BCUT2D eigenvalue weighted by molar-refractivity contribution is 7.90. The van der Waals surface area contributed by atoms with Gasteiger partial charge < -0.3 is 5.32 Å². The molecule has 1 N–H and O–H groups in total. The van der Waals surface area contributed by atoms with E-state index in [0.717, 1.165) is 0 Å². The third-order valence-electron chi connectivity index (χ3n) is 5.03. The summed E-state index contributed by atoms with van der Waals surface area (Å²) in [7, 11) is -3.56. The summed E-state index contributed by atoms with van der Waals surface area (Å²) in [6, 6.07) is 22.0. The number of benzene rings is 3. The van der Waals surface area contributed by atoms with Crippen LogP contribution in [0.25, 0.3) is 5.69 Å². The number of aryl methyl sites for hydroxylation is 1. The van der Waals surface area contributed by atoms with Crippen LogP contribution < -0.4 is 5.32 Å². The van der Waals surface area contributed by atoms with Crippen LogP contribution in [-0.4, -0.2) is 29.0 Å². The van der Waals surface area contributed by atoms with E-state index >= 15 is 0 Å². The number of carbonyl (C=O) groups is 1. The molecule has 0 aliphatic rings. The fraction of sp³-hybridized carbons (Fsp3) is 0.0833. The second-order valence-corrected chi connectivity index (χ2v) is 9.57. The third-order valence-corrected chi connectivity index (χ3v) is 6.73. The summed E-state index contributed by atoms with van der Waals surface area (Å²) in [4.78, 5) is 23.6. The van der Waals surface area contributed by atoms with Crippen LogP contribution in [0.4, 0.5) is 11.5 Å². The second-order valence-electron chi connectivity index (χ2n) is 7.58. The molecule has 0 fully saturated rings. The minimum atomic E-state index is -3.56. The van der Waals surface area contributed by atoms with Gasteiger partial charge in [0, 0.05) is 23.8 Å². The maximum Gasteiger partial charge on any atom is 0.269 e. The number of rotatable bonds is 7. The molecular weight excluding hydrogens is 456 g/mol. The number of nitrogens with zero attached hydrogens (tertiary/aromatic N) is 3. The van der Waals surface area contributed by atoms with Crippen molar-refractivity contribution in [3.8, 4) is 5.69 Å². The average molecular weight is 477 g/mol. The Kier molecular flexibility index (Phi) is 6.24. The summed E-state index contributed by atoms with van der Waals surface area (Å²) in [5.41, 5.74) is 1.89. The Balaban J connectivity index is 1.56. The molecule has 1 aromatic heterocycles. The smallest absolute Gasteiger partial charge is 0.269 e. The van der Waals surface area contributed by atoms with Crippen LogP contribution in [0.3, 0.4) is 0 Å². The molecule has 0 saturated carbocycles. The number of carbonyl (C=O) groups excluding carboxylic acids is 1. The molecule has 0 spiro atoms. The van der Waals surface area contributed by atoms with Crippen molar-refractivity contribution in [1.82, 2.24) is 9.78 Å². The van der Waals surface area contributed by atoms with Gasteiger partial charge in [-0.15, -0.1) is 0 Å². The summed E-state index contributed by atoms with van der Waals surface area (Å²) in [6.45, 7) is 1.76. The van der Waals surface area contributed by atoms with Gasteiger partial charge in [0.2, 0.25) is 0 Å². The molecule has 0 radical (unpaired) electrons. The van der Waals surface area contributed by atoms with Crippen molar-refractivity contribution in [3.05, 3.63) is 112 Å². The molecule has 0 saturated heterocycles. The number of nitrogens with one attached hydrogen (secondary N) is 1. The van der Waals surface area contributed by atoms with Gasteiger partial charge in [-0.1, -0.05) is 30.3 Å². The first kappa shape index (κ1) is 22.9. The predicted octanol–water partition coefficient (Wildman–Crippen LogP) is 4.32. The molecule has 4 aromatic rings. The molecule has 0 atom stereocenters. The number of sulfone groups is 1. The number of anilines is 1. The molecule has 0 aliphatic carbocycles. The Morgan fingerprint density at radius 3 is 2.38 bits per heavy atom. The van der Waals surface area contributed by atoms with Crippen molar-refractivity contribution in [2.45, 2.75) is 17.6 Å². The van der Waals surface area contributed by atoms with Crippen molar-refractivity contribution in [3.63, 3.8) is 0 Å². The normalized spacial score (nSPS) is 11.2. The van der Waals surface area contributed by atoms with Gasteiger partial charge in [-0.05, 0) is 48.9 Å². The second kappa shape index (κ2) is 9.28. The van der Waals surface area contributed by atoms with E-state index in [2.05, 4.69) is 10.4 Å². The van der Waals surface area contributed by atoms with E-state index in [1.165, 1.54) is 47.1 Å². The molecule has 1 heterocycles. The fourth-order valence-corrected chi connectivity index (χ4v) is 4.78. The molecule has 0 bridgehead atoms. The van der Waals surface area contributed by atoms with E-state index in [9.17, 15) is 23.3 Å². The Morgan fingerprint density at radius 1 is 1.00 bits per heavy atom. The van der Waals surface area contributed by atoms with E-state index in [-0.39, 0.29) is 21.9 Å². The number of nitro groups is 1. The molecule has 10 heteroatoms. The monoisotopic (exact) mass is 476 g/mol. The highest BCUT2D eigenvalue weighted by Gasteiger charge is 2.17. The van der Waals surface area contributed by atoms with Crippen LogP contribution in [0.15, 0.2) is 89.8 Å². The number of aromatic nitrogens is 2. The molecule has 172 valence electrons. The molecule has 0 unspecified atom stereocenters. The van der Waals surface area contributed by atoms with Crippen LogP contribution >= 0.6 is 0 Å². The third kappa shape index (κ3) is 5.02. The molecule has 9 nitrogen and oxygen atoms in total. The minimum Gasteiger partial charge on any atom is -0.306 e. The van der Waals surface area contributed by atoms with Crippen molar-refractivity contribution >= 4 is 27.2 Å². The van der Waals surface area contributed by atoms with Crippen LogP contribution in [0.1, 0.15) is 21.6 Å². The maximum atomic E-state index is 12.9. The lowest BCUT2D eigenvalue weighted by molar-refractivity contribution is -0.384. The lowest BCUT2D eigenvalue weighted by Crippen LogP contribution is -2.15. The van der Waals surface area contributed by atoms with E-state index in [1.807, 2.05) is 0 Å². The largest absolute Gasteiger partial charge is 0.306 e. The Bertz CT molecular complexity index is 1460. The highest BCUT2D eigenvalue weighted by atomic mass is 32.2. The first-order valence-corrected chi connectivity index (χ1v) is 11.9. The number of nitro benzene ring substituents is 1. The van der Waals surface area contributed by atoms with Crippen molar-refractivity contribution in [1.29, 1.82) is 0 Å². The SMILES string of the molecule is Cc1cc(NC(=O)c2cccc(CS(=O)(=O)c3ccccc3)c2)n(-c2ccc([N+](=O)[O-])cc2)n1. The van der Waals surface area contributed by atoms with Crippen LogP contribution in [0, 0.1) is 17.0 Å². The summed E-state index contributed by atoms with van der Waals surface area (Å²) in [6.07, 6.45) is 0. The minimum absolute atomic E-state index is 0.0551. The number of amides is 1. The van der Waals surface area contributed by atoms with Crippen LogP contribution in [-0.2, 0) is 15.6 Å². The van der Waals surface area contributed by atoms with E-state index in [1.54, 1.807) is 49.4 Å². The van der Waals surface area contributed by atoms with E-state index < -0.39 is 20.7 Å². The quantitative estimate of drug-likeness (QED) is 0.313. The van der Waals surface area contributed by atoms with Gasteiger partial charge in [0.15, 0.2) is 9.84 Å². The lowest BCUT2D eigenvalue weighted by Gasteiger charge is -2.10. The lowest BCUT2D eigenvalue weighted by atomic mass is 10.1. The van der Waals surface area contributed by atoms with Crippen molar-refractivity contribution < 1.29 is 18.1 Å². The fourth-order valence-electron chi connectivity index (χ4n) is 3.42. The Morgan fingerprint density at radius 2 is 1.71 bits per heavy atom. The zero-order chi connectivity index (χ0) is 24.3. The van der Waals surface area contributed by atoms with Crippen molar-refractivity contribution in [2.75, 3.05) is 5.32 Å². The van der Waals surface area contributed by atoms with Crippen molar-refractivity contribution in [2.24, 2.45) is 0 Å². The molecule has 3 aromatic carbocycles. The molecule has 1 amide bonds. The molecule has 4 rings (SSSR count). The first-order valence-electron chi connectivity index (χ1n) is 10.2. The molecular formula is C24H20N4O5S. The summed E-state index contributed by atoms with van der Waals surface area (Å²) < 4.78 is 26.9. The van der Waals surface area contributed by atoms with Gasteiger partial charge in [-0.2, -0.15) is 5.10 Å². The van der Waals surface area contributed by atoms with Gasteiger partial charge in [-0.3, -0.25) is 14.9 Å². The van der Waals surface area contributed by atoms with Gasteiger partial charge in [-0.25, -0.2) is 13.1 Å².